The van der Waals surface area contributed by atoms with E-state index >= 15 is 0 Å². The molecule has 0 fully saturated rings. The van der Waals surface area contributed by atoms with E-state index in [1.165, 1.54) is 36.4 Å². The van der Waals surface area contributed by atoms with E-state index in [0.29, 0.717) is 11.4 Å². The van der Waals surface area contributed by atoms with E-state index in [9.17, 15) is 18.8 Å². The molecule has 0 radical (unpaired) electrons. The lowest BCUT2D eigenvalue weighted by atomic mass is 10.2. The maximum atomic E-state index is 13.0. The largest absolute Gasteiger partial charge is 0.423 e. The molecule has 0 aromatic heterocycles. The van der Waals surface area contributed by atoms with Crippen LogP contribution < -0.4 is 15.0 Å². The normalized spacial score (nSPS) is 13.5. The minimum absolute atomic E-state index is 0.0585. The van der Waals surface area contributed by atoms with Gasteiger partial charge in [-0.25, -0.2) is 14.1 Å². The number of anilines is 2. The van der Waals surface area contributed by atoms with E-state index in [4.69, 9.17) is 16.3 Å². The number of carbonyl (C=O) groups excluding carboxylic acids is 3. The zero-order valence-electron chi connectivity index (χ0n) is 16.1. The molecule has 0 spiro atoms. The van der Waals surface area contributed by atoms with Crippen molar-refractivity contribution in [1.29, 1.82) is 0 Å². The van der Waals surface area contributed by atoms with Gasteiger partial charge < -0.3 is 10.1 Å². The molecule has 0 atom stereocenters. The summed E-state index contributed by atoms with van der Waals surface area (Å²) in [5.41, 5.74) is 1.04. The van der Waals surface area contributed by atoms with Gasteiger partial charge in [-0.15, -0.1) is 0 Å². The van der Waals surface area contributed by atoms with Gasteiger partial charge in [0.15, 0.2) is 0 Å². The third kappa shape index (κ3) is 4.51. The number of ether oxygens (including phenoxy) is 1. The molecule has 9 heteroatoms. The topological polar surface area (TPSA) is 75.7 Å². The Labute approximate surface area is 200 Å². The highest BCUT2D eigenvalue weighted by Crippen LogP contribution is 2.30. The zero-order chi connectivity index (χ0) is 22.8. The van der Waals surface area contributed by atoms with Crippen LogP contribution in [0.3, 0.4) is 0 Å². The predicted octanol–water partition coefficient (Wildman–Crippen LogP) is 5.09. The molecular formula is C23H13ClFIN2O4. The first-order valence-corrected chi connectivity index (χ1v) is 10.7. The number of imide groups is 1. The average molecular weight is 563 g/mol. The quantitative estimate of drug-likeness (QED) is 0.203. The average Bonchev–Trinajstić information content (AvgIpc) is 3.00. The Morgan fingerprint density at radius 2 is 1.53 bits per heavy atom. The molecule has 0 aliphatic carbocycles. The van der Waals surface area contributed by atoms with Gasteiger partial charge in [-0.1, -0.05) is 11.6 Å². The second kappa shape index (κ2) is 9.09. The van der Waals surface area contributed by atoms with E-state index in [1.54, 1.807) is 36.4 Å². The van der Waals surface area contributed by atoms with Gasteiger partial charge in [0.25, 0.3) is 11.8 Å². The molecule has 3 aromatic rings. The number of rotatable bonds is 5. The summed E-state index contributed by atoms with van der Waals surface area (Å²) in [6.45, 7) is 0. The lowest BCUT2D eigenvalue weighted by molar-refractivity contribution is -0.120. The SMILES string of the molecule is O=C(Oc1ccc(F)cc1)c1ccc(NC2=C(Cl)C(=O)N(c3ccc(I)cc3)C2=O)cc1. The highest BCUT2D eigenvalue weighted by Gasteiger charge is 2.38. The minimum atomic E-state index is -0.627. The monoisotopic (exact) mass is 562 g/mol. The fraction of sp³-hybridized carbons (Fsp3) is 0. The molecule has 6 nitrogen and oxygen atoms in total. The Kier molecular flexibility index (Phi) is 6.24. The van der Waals surface area contributed by atoms with Gasteiger partial charge in [-0.2, -0.15) is 0 Å². The molecule has 160 valence electrons. The van der Waals surface area contributed by atoms with Gasteiger partial charge in [0.1, 0.15) is 22.3 Å². The van der Waals surface area contributed by atoms with Crippen LogP contribution in [0.15, 0.2) is 83.5 Å². The van der Waals surface area contributed by atoms with E-state index in [2.05, 4.69) is 27.9 Å². The lowest BCUT2D eigenvalue weighted by Crippen LogP contribution is -2.32. The van der Waals surface area contributed by atoms with Crippen LogP contribution in [0.4, 0.5) is 15.8 Å². The van der Waals surface area contributed by atoms with Crippen molar-refractivity contribution in [2.75, 3.05) is 10.2 Å². The number of hydrogen-bond donors (Lipinski definition) is 1. The fourth-order valence-corrected chi connectivity index (χ4v) is 3.51. The van der Waals surface area contributed by atoms with Gasteiger partial charge >= 0.3 is 5.97 Å². The first kappa shape index (κ1) is 22.0. The molecule has 0 unspecified atom stereocenters. The molecule has 1 heterocycles. The van der Waals surface area contributed by atoms with Crippen molar-refractivity contribution in [1.82, 2.24) is 0 Å². The number of esters is 1. The fourth-order valence-electron chi connectivity index (χ4n) is 2.94. The summed E-state index contributed by atoms with van der Waals surface area (Å²) in [5, 5.41) is 2.62. The van der Waals surface area contributed by atoms with Crippen LogP contribution in [0.2, 0.25) is 0 Å². The van der Waals surface area contributed by atoms with Crippen molar-refractivity contribution < 1.29 is 23.5 Å². The molecule has 1 aliphatic rings. The summed E-state index contributed by atoms with van der Waals surface area (Å²) in [6.07, 6.45) is 0. The Balaban J connectivity index is 1.47. The smallest absolute Gasteiger partial charge is 0.343 e. The van der Waals surface area contributed by atoms with Crippen LogP contribution in [0.1, 0.15) is 10.4 Å². The van der Waals surface area contributed by atoms with Crippen molar-refractivity contribution >= 4 is 63.4 Å². The van der Waals surface area contributed by atoms with Gasteiger partial charge in [-0.05, 0) is 95.4 Å². The number of carbonyl (C=O) groups is 3. The minimum Gasteiger partial charge on any atom is -0.423 e. The molecule has 0 bridgehead atoms. The maximum absolute atomic E-state index is 13.0. The third-order valence-electron chi connectivity index (χ3n) is 4.53. The van der Waals surface area contributed by atoms with Crippen LogP contribution in [-0.4, -0.2) is 17.8 Å². The molecule has 4 rings (SSSR count). The Morgan fingerprint density at radius 3 is 2.16 bits per heavy atom. The van der Waals surface area contributed by atoms with Crippen molar-refractivity contribution in [3.05, 3.63) is 98.5 Å². The predicted molar refractivity (Wildman–Crippen MR) is 126 cm³/mol. The summed E-state index contributed by atoms with van der Waals surface area (Å²) in [6, 6.07) is 18.0. The van der Waals surface area contributed by atoms with E-state index < -0.39 is 23.6 Å². The molecule has 1 N–H and O–H groups in total. The second-order valence-electron chi connectivity index (χ2n) is 6.66. The number of amides is 2. The number of nitrogens with one attached hydrogen (secondary N) is 1. The van der Waals surface area contributed by atoms with Crippen LogP contribution in [0, 0.1) is 9.39 Å². The first-order valence-electron chi connectivity index (χ1n) is 9.22. The first-order chi connectivity index (χ1) is 15.3. The number of hydrogen-bond acceptors (Lipinski definition) is 5. The van der Waals surface area contributed by atoms with Crippen molar-refractivity contribution in [2.45, 2.75) is 0 Å². The lowest BCUT2D eigenvalue weighted by Gasteiger charge is -2.15. The number of nitrogens with zero attached hydrogens (tertiary/aromatic N) is 1. The molecule has 1 aliphatic heterocycles. The number of halogens is 3. The van der Waals surface area contributed by atoms with Gasteiger partial charge in [-0.3, -0.25) is 9.59 Å². The van der Waals surface area contributed by atoms with Crippen LogP contribution in [-0.2, 0) is 9.59 Å². The van der Waals surface area contributed by atoms with Crippen LogP contribution in [0.25, 0.3) is 0 Å². The van der Waals surface area contributed by atoms with Crippen molar-refractivity contribution in [2.24, 2.45) is 0 Å². The maximum Gasteiger partial charge on any atom is 0.343 e. The zero-order valence-corrected chi connectivity index (χ0v) is 19.1. The summed E-state index contributed by atoms with van der Waals surface area (Å²) < 4.78 is 19.1. The van der Waals surface area contributed by atoms with Gasteiger partial charge in [0.2, 0.25) is 0 Å². The van der Waals surface area contributed by atoms with Crippen LogP contribution >= 0.6 is 34.2 Å². The highest BCUT2D eigenvalue weighted by molar-refractivity contribution is 14.1. The van der Waals surface area contributed by atoms with Crippen molar-refractivity contribution in [3.63, 3.8) is 0 Å². The van der Waals surface area contributed by atoms with Crippen LogP contribution in [0.5, 0.6) is 5.75 Å². The summed E-state index contributed by atoms with van der Waals surface area (Å²) in [5.74, 6) is -2.06. The molecule has 32 heavy (non-hydrogen) atoms. The molecule has 3 aromatic carbocycles. The molecule has 0 saturated heterocycles. The van der Waals surface area contributed by atoms with Crippen molar-refractivity contribution in [3.8, 4) is 5.75 Å². The highest BCUT2D eigenvalue weighted by atomic mass is 127. The number of benzene rings is 3. The van der Waals surface area contributed by atoms with E-state index in [1.807, 2.05) is 0 Å². The summed E-state index contributed by atoms with van der Waals surface area (Å²) >= 11 is 8.26. The molecule has 2 amide bonds. The Bertz CT molecular complexity index is 1240. The standard InChI is InChI=1S/C23H13ClFIN2O4/c24-19-20(22(30)28(21(19)29)17-9-5-15(26)6-10-17)27-16-7-1-13(2-8-16)23(31)32-18-11-3-14(25)4-12-18/h1-12,27H. The Hall–Kier alpha value is -3.24. The summed E-state index contributed by atoms with van der Waals surface area (Å²) in [4.78, 5) is 38.6. The van der Waals surface area contributed by atoms with E-state index in [0.717, 1.165) is 8.47 Å². The molecule has 0 saturated carbocycles. The summed E-state index contributed by atoms with van der Waals surface area (Å²) in [7, 11) is 0. The second-order valence-corrected chi connectivity index (χ2v) is 8.28. The van der Waals surface area contributed by atoms with Gasteiger partial charge in [0, 0.05) is 9.26 Å². The van der Waals surface area contributed by atoms with E-state index in [-0.39, 0.29) is 22.0 Å². The molecular weight excluding hydrogens is 550 g/mol. The van der Waals surface area contributed by atoms with Gasteiger partial charge in [0.05, 0.1) is 11.3 Å². The third-order valence-corrected chi connectivity index (χ3v) is 5.60. The Morgan fingerprint density at radius 1 is 0.906 bits per heavy atom.